The zero-order chi connectivity index (χ0) is 14.1. The normalized spacial score (nSPS) is 23.1. The average Bonchev–Trinajstić information content (AvgIpc) is 3.09. The molecule has 3 rings (SSSR count). The second kappa shape index (κ2) is 6.79. The lowest BCUT2D eigenvalue weighted by molar-refractivity contribution is 0.0667. The highest BCUT2D eigenvalue weighted by molar-refractivity contribution is 5.92. The summed E-state index contributed by atoms with van der Waals surface area (Å²) in [6.07, 6.45) is 4.85. The van der Waals surface area contributed by atoms with Crippen LogP contribution in [0.3, 0.4) is 0 Å². The van der Waals surface area contributed by atoms with Crippen LogP contribution in [0, 0.1) is 12.8 Å². The molecule has 0 bridgehead atoms. The fourth-order valence-electron chi connectivity index (χ4n) is 3.45. The quantitative estimate of drug-likeness (QED) is 0.905. The molecular weight excluding hydrogens is 288 g/mol. The highest BCUT2D eigenvalue weighted by Crippen LogP contribution is 2.26. The number of nitrogens with one attached hydrogen (secondary N) is 1. The summed E-state index contributed by atoms with van der Waals surface area (Å²) >= 11 is 0. The van der Waals surface area contributed by atoms with Gasteiger partial charge in [-0.2, -0.15) is 5.10 Å². The van der Waals surface area contributed by atoms with E-state index in [1.165, 1.54) is 12.8 Å². The van der Waals surface area contributed by atoms with Gasteiger partial charge in [0.25, 0.3) is 5.91 Å². The zero-order valence-electron chi connectivity index (χ0n) is 12.8. The summed E-state index contributed by atoms with van der Waals surface area (Å²) in [6.45, 7) is 4.88. The topological polar surface area (TPSA) is 50.2 Å². The van der Waals surface area contributed by atoms with E-state index in [0.717, 1.165) is 44.1 Å². The van der Waals surface area contributed by atoms with Gasteiger partial charge in [-0.1, -0.05) is 0 Å². The molecule has 0 aromatic carbocycles. The summed E-state index contributed by atoms with van der Waals surface area (Å²) in [5.74, 6) is 0.832. The number of aromatic nitrogens is 2. The SMILES string of the molecule is Cc1cc(C(=O)N2CCC(C3CCCN3)CC2)nn1C.Cl. The first kappa shape index (κ1) is 16.3. The predicted molar refractivity (Wildman–Crippen MR) is 84.8 cm³/mol. The number of nitrogens with zero attached hydrogens (tertiary/aromatic N) is 3. The van der Waals surface area contributed by atoms with Crippen molar-refractivity contribution in [3.8, 4) is 0 Å². The van der Waals surface area contributed by atoms with Gasteiger partial charge in [-0.3, -0.25) is 9.48 Å². The highest BCUT2D eigenvalue weighted by Gasteiger charge is 2.30. The first-order valence-electron chi connectivity index (χ1n) is 7.68. The Bertz CT molecular complexity index is 468. The molecule has 118 valence electrons. The molecule has 1 unspecified atom stereocenters. The van der Waals surface area contributed by atoms with Crippen LogP contribution in [0.1, 0.15) is 41.9 Å². The molecule has 0 aliphatic carbocycles. The van der Waals surface area contributed by atoms with Gasteiger partial charge in [-0.15, -0.1) is 12.4 Å². The maximum absolute atomic E-state index is 12.4. The largest absolute Gasteiger partial charge is 0.337 e. The minimum atomic E-state index is 0. The van der Waals surface area contributed by atoms with Gasteiger partial charge in [-0.05, 0) is 51.1 Å². The molecule has 0 radical (unpaired) electrons. The first-order valence-corrected chi connectivity index (χ1v) is 7.68. The molecule has 1 aromatic rings. The molecule has 2 saturated heterocycles. The van der Waals surface area contributed by atoms with Gasteiger partial charge in [0.2, 0.25) is 0 Å². The maximum atomic E-state index is 12.4. The van der Waals surface area contributed by atoms with Crippen LogP contribution in [0.25, 0.3) is 0 Å². The van der Waals surface area contributed by atoms with Crippen LogP contribution in [-0.2, 0) is 7.05 Å². The Morgan fingerprint density at radius 1 is 1.33 bits per heavy atom. The van der Waals surface area contributed by atoms with E-state index in [9.17, 15) is 4.79 Å². The zero-order valence-corrected chi connectivity index (χ0v) is 13.7. The van der Waals surface area contributed by atoms with Gasteiger partial charge in [0.15, 0.2) is 5.69 Å². The molecule has 5 nitrogen and oxygen atoms in total. The van der Waals surface area contributed by atoms with Crippen LogP contribution in [0.4, 0.5) is 0 Å². The molecule has 0 saturated carbocycles. The number of amides is 1. The van der Waals surface area contributed by atoms with E-state index < -0.39 is 0 Å². The van der Waals surface area contributed by atoms with Crippen molar-refractivity contribution in [1.82, 2.24) is 20.0 Å². The molecular formula is C15H25ClN4O. The summed E-state index contributed by atoms with van der Waals surface area (Å²) in [5, 5.41) is 7.89. The Morgan fingerprint density at radius 3 is 2.57 bits per heavy atom. The van der Waals surface area contributed by atoms with Gasteiger partial charge in [0.1, 0.15) is 0 Å². The molecule has 1 amide bonds. The standard InChI is InChI=1S/C15H24N4O.ClH/c1-11-10-14(17-18(11)2)15(20)19-8-5-12(6-9-19)13-4-3-7-16-13;/h10,12-13,16H,3-9H2,1-2H3;1H. The Labute approximate surface area is 132 Å². The van der Waals surface area contributed by atoms with Crippen molar-refractivity contribution >= 4 is 18.3 Å². The third-order valence-electron chi connectivity index (χ3n) is 4.83. The molecule has 3 heterocycles. The fourth-order valence-corrected chi connectivity index (χ4v) is 3.45. The van der Waals surface area contributed by atoms with Gasteiger partial charge in [0, 0.05) is 31.9 Å². The molecule has 0 spiro atoms. The Kier molecular flexibility index (Phi) is 5.27. The van der Waals surface area contributed by atoms with Crippen LogP contribution < -0.4 is 5.32 Å². The second-order valence-electron chi connectivity index (χ2n) is 6.13. The van der Waals surface area contributed by atoms with E-state index in [2.05, 4.69) is 10.4 Å². The average molecular weight is 313 g/mol. The highest BCUT2D eigenvalue weighted by atomic mass is 35.5. The van der Waals surface area contributed by atoms with Crippen LogP contribution in [0.15, 0.2) is 6.07 Å². The third-order valence-corrected chi connectivity index (χ3v) is 4.83. The number of hydrogen-bond donors (Lipinski definition) is 1. The van der Waals surface area contributed by atoms with Crippen LogP contribution >= 0.6 is 12.4 Å². The Hall–Kier alpha value is -1.07. The van der Waals surface area contributed by atoms with E-state index in [4.69, 9.17) is 0 Å². The number of halogens is 1. The number of carbonyl (C=O) groups is 1. The number of rotatable bonds is 2. The molecule has 1 aromatic heterocycles. The third kappa shape index (κ3) is 3.40. The lowest BCUT2D eigenvalue weighted by atomic mass is 9.88. The summed E-state index contributed by atoms with van der Waals surface area (Å²) in [4.78, 5) is 14.4. The molecule has 6 heteroatoms. The Morgan fingerprint density at radius 2 is 2.05 bits per heavy atom. The van der Waals surface area contributed by atoms with E-state index >= 15 is 0 Å². The van der Waals surface area contributed by atoms with Crippen molar-refractivity contribution in [3.63, 3.8) is 0 Å². The van der Waals surface area contributed by atoms with Crippen LogP contribution in [0.2, 0.25) is 0 Å². The van der Waals surface area contributed by atoms with E-state index in [0.29, 0.717) is 11.7 Å². The lowest BCUT2D eigenvalue weighted by Gasteiger charge is -2.34. The molecule has 2 aliphatic rings. The maximum Gasteiger partial charge on any atom is 0.274 e. The summed E-state index contributed by atoms with van der Waals surface area (Å²) in [5.41, 5.74) is 1.61. The second-order valence-corrected chi connectivity index (χ2v) is 6.13. The van der Waals surface area contributed by atoms with E-state index in [1.54, 1.807) is 4.68 Å². The van der Waals surface area contributed by atoms with E-state index in [-0.39, 0.29) is 18.3 Å². The van der Waals surface area contributed by atoms with Gasteiger partial charge >= 0.3 is 0 Å². The van der Waals surface area contributed by atoms with Gasteiger partial charge in [-0.25, -0.2) is 0 Å². The van der Waals surface area contributed by atoms with Crippen molar-refractivity contribution in [2.75, 3.05) is 19.6 Å². The summed E-state index contributed by atoms with van der Waals surface area (Å²) < 4.78 is 1.77. The van der Waals surface area contributed by atoms with Crippen LogP contribution in [-0.4, -0.2) is 46.3 Å². The number of carbonyl (C=O) groups excluding carboxylic acids is 1. The number of aryl methyl sites for hydroxylation is 2. The molecule has 2 aliphatic heterocycles. The molecule has 21 heavy (non-hydrogen) atoms. The van der Waals surface area contributed by atoms with Crippen molar-refractivity contribution in [1.29, 1.82) is 0 Å². The number of likely N-dealkylation sites (tertiary alicyclic amines) is 1. The number of hydrogen-bond acceptors (Lipinski definition) is 3. The summed E-state index contributed by atoms with van der Waals surface area (Å²) in [6, 6.07) is 2.57. The number of piperidine rings is 1. The monoisotopic (exact) mass is 312 g/mol. The van der Waals surface area contributed by atoms with Crippen molar-refractivity contribution in [2.45, 2.75) is 38.6 Å². The molecule has 2 fully saturated rings. The van der Waals surface area contributed by atoms with Crippen LogP contribution in [0.5, 0.6) is 0 Å². The lowest BCUT2D eigenvalue weighted by Crippen LogP contribution is -2.43. The predicted octanol–water partition coefficient (Wildman–Crippen LogP) is 1.75. The molecule has 1 N–H and O–H groups in total. The summed E-state index contributed by atoms with van der Waals surface area (Å²) in [7, 11) is 1.88. The van der Waals surface area contributed by atoms with Crippen molar-refractivity contribution in [3.05, 3.63) is 17.5 Å². The fraction of sp³-hybridized carbons (Fsp3) is 0.733. The minimum absolute atomic E-state index is 0. The minimum Gasteiger partial charge on any atom is -0.337 e. The Balaban J connectivity index is 0.00000161. The van der Waals surface area contributed by atoms with E-state index in [1.807, 2.05) is 24.9 Å². The van der Waals surface area contributed by atoms with Crippen molar-refractivity contribution in [2.24, 2.45) is 13.0 Å². The van der Waals surface area contributed by atoms with Gasteiger partial charge < -0.3 is 10.2 Å². The first-order chi connectivity index (χ1) is 9.65. The molecule has 1 atom stereocenters. The van der Waals surface area contributed by atoms with Crippen molar-refractivity contribution < 1.29 is 4.79 Å². The van der Waals surface area contributed by atoms with Gasteiger partial charge in [0.05, 0.1) is 0 Å². The smallest absolute Gasteiger partial charge is 0.274 e.